The number of nitrogens with zero attached hydrogens (tertiary/aromatic N) is 3. The molecule has 1 amide bonds. The zero-order chi connectivity index (χ0) is 15.6. The van der Waals surface area contributed by atoms with Crippen molar-refractivity contribution >= 4 is 28.9 Å². The van der Waals surface area contributed by atoms with Gasteiger partial charge in [-0.25, -0.2) is 0 Å². The molecule has 1 heterocycles. The zero-order valence-corrected chi connectivity index (χ0v) is 11.8. The number of rotatable bonds is 4. The second kappa shape index (κ2) is 5.80. The molecule has 1 aromatic carbocycles. The number of aromatic nitrogens is 2. The first kappa shape index (κ1) is 14.8. The number of nitrogen functional groups attached to an aromatic ring is 1. The second-order valence-electron chi connectivity index (χ2n) is 4.42. The number of amides is 1. The monoisotopic (exact) mass is 309 g/mol. The molecule has 0 saturated carbocycles. The molecule has 0 saturated heterocycles. The van der Waals surface area contributed by atoms with E-state index in [-0.39, 0.29) is 22.0 Å². The standard InChI is InChI=1S/C12H12ClN5O3/c1-17(6-7-4-15-16-5-7)12(19)8-2-9(13)11(14)10(3-8)18(20)21/h2-5H,6,14H2,1H3,(H,15,16). The van der Waals surface area contributed by atoms with Gasteiger partial charge in [0, 0.05) is 37.0 Å². The fourth-order valence-electron chi connectivity index (χ4n) is 1.81. The number of halogens is 1. The lowest BCUT2D eigenvalue weighted by Gasteiger charge is -2.16. The Bertz CT molecular complexity index is 686. The van der Waals surface area contributed by atoms with Crippen LogP contribution in [0.25, 0.3) is 0 Å². The molecule has 0 spiro atoms. The summed E-state index contributed by atoms with van der Waals surface area (Å²) in [6.45, 7) is 0.311. The molecule has 0 aliphatic heterocycles. The summed E-state index contributed by atoms with van der Waals surface area (Å²) in [6, 6.07) is 2.44. The molecule has 0 bridgehead atoms. The number of anilines is 1. The van der Waals surface area contributed by atoms with E-state index < -0.39 is 10.8 Å². The van der Waals surface area contributed by atoms with Crippen LogP contribution in [0.15, 0.2) is 24.5 Å². The lowest BCUT2D eigenvalue weighted by molar-refractivity contribution is -0.383. The van der Waals surface area contributed by atoms with Crippen LogP contribution in [-0.4, -0.2) is 33.0 Å². The predicted molar refractivity (Wildman–Crippen MR) is 76.9 cm³/mol. The van der Waals surface area contributed by atoms with Crippen molar-refractivity contribution < 1.29 is 9.72 Å². The minimum absolute atomic E-state index is 0.0238. The van der Waals surface area contributed by atoms with Crippen molar-refractivity contribution in [1.29, 1.82) is 0 Å². The van der Waals surface area contributed by atoms with Crippen LogP contribution in [0, 0.1) is 10.1 Å². The van der Waals surface area contributed by atoms with Gasteiger partial charge in [-0.2, -0.15) is 5.10 Å². The van der Waals surface area contributed by atoms with E-state index in [9.17, 15) is 14.9 Å². The number of carbonyl (C=O) groups excluding carboxylic acids is 1. The average Bonchev–Trinajstić information content (AvgIpc) is 2.93. The quantitative estimate of drug-likeness (QED) is 0.507. The number of aromatic amines is 1. The molecule has 21 heavy (non-hydrogen) atoms. The lowest BCUT2D eigenvalue weighted by atomic mass is 10.1. The van der Waals surface area contributed by atoms with Gasteiger partial charge in [-0.05, 0) is 6.07 Å². The number of nitro groups is 1. The molecule has 0 fully saturated rings. The van der Waals surface area contributed by atoms with Crippen molar-refractivity contribution in [2.45, 2.75) is 6.54 Å². The van der Waals surface area contributed by atoms with Crippen LogP contribution in [0.3, 0.4) is 0 Å². The predicted octanol–water partition coefficient (Wildman–Crippen LogP) is 1.83. The molecule has 0 radical (unpaired) electrons. The van der Waals surface area contributed by atoms with Crippen LogP contribution in [0.4, 0.5) is 11.4 Å². The third-order valence-corrected chi connectivity index (χ3v) is 3.19. The minimum atomic E-state index is -0.673. The zero-order valence-electron chi connectivity index (χ0n) is 11.0. The van der Waals surface area contributed by atoms with E-state index in [2.05, 4.69) is 10.2 Å². The molecule has 1 aromatic heterocycles. The fraction of sp³-hybridized carbons (Fsp3) is 0.167. The molecule has 0 atom stereocenters. The highest BCUT2D eigenvalue weighted by Gasteiger charge is 2.21. The second-order valence-corrected chi connectivity index (χ2v) is 4.82. The van der Waals surface area contributed by atoms with Crippen molar-refractivity contribution in [2.24, 2.45) is 0 Å². The van der Waals surface area contributed by atoms with Crippen LogP contribution < -0.4 is 5.73 Å². The van der Waals surface area contributed by atoms with E-state index in [0.29, 0.717) is 6.54 Å². The lowest BCUT2D eigenvalue weighted by Crippen LogP contribution is -2.26. The number of benzene rings is 1. The Morgan fingerprint density at radius 3 is 2.86 bits per heavy atom. The van der Waals surface area contributed by atoms with Gasteiger partial charge in [-0.3, -0.25) is 20.0 Å². The number of nitro benzene ring substituents is 1. The van der Waals surface area contributed by atoms with Gasteiger partial charge in [0.15, 0.2) is 0 Å². The van der Waals surface area contributed by atoms with E-state index >= 15 is 0 Å². The maximum atomic E-state index is 12.3. The van der Waals surface area contributed by atoms with Crippen molar-refractivity contribution in [3.05, 3.63) is 50.8 Å². The molecule has 110 valence electrons. The fourth-order valence-corrected chi connectivity index (χ4v) is 2.02. The van der Waals surface area contributed by atoms with E-state index in [1.54, 1.807) is 19.4 Å². The average molecular weight is 310 g/mol. The molecule has 0 aliphatic carbocycles. The Morgan fingerprint density at radius 2 is 2.29 bits per heavy atom. The number of hydrogen-bond donors (Lipinski definition) is 2. The first-order valence-electron chi connectivity index (χ1n) is 5.86. The van der Waals surface area contributed by atoms with E-state index in [0.717, 1.165) is 11.6 Å². The van der Waals surface area contributed by atoms with Crippen molar-refractivity contribution in [3.8, 4) is 0 Å². The molecule has 2 rings (SSSR count). The van der Waals surface area contributed by atoms with Gasteiger partial charge in [0.05, 0.1) is 16.1 Å². The number of hydrogen-bond acceptors (Lipinski definition) is 5. The van der Waals surface area contributed by atoms with Gasteiger partial charge in [-0.15, -0.1) is 0 Å². The third kappa shape index (κ3) is 3.11. The topological polar surface area (TPSA) is 118 Å². The van der Waals surface area contributed by atoms with Crippen molar-refractivity contribution in [1.82, 2.24) is 15.1 Å². The number of H-pyrrole nitrogens is 1. The highest BCUT2D eigenvalue weighted by atomic mass is 35.5. The number of nitrogens with one attached hydrogen (secondary N) is 1. The van der Waals surface area contributed by atoms with Crippen molar-refractivity contribution in [3.63, 3.8) is 0 Å². The molecule has 0 aliphatic rings. The van der Waals surface area contributed by atoms with E-state index in [4.69, 9.17) is 17.3 Å². The number of carbonyl (C=O) groups is 1. The highest BCUT2D eigenvalue weighted by molar-refractivity contribution is 6.34. The highest BCUT2D eigenvalue weighted by Crippen LogP contribution is 2.31. The maximum Gasteiger partial charge on any atom is 0.294 e. The summed E-state index contributed by atoms with van der Waals surface area (Å²) in [4.78, 5) is 23.9. The van der Waals surface area contributed by atoms with Gasteiger partial charge in [-0.1, -0.05) is 11.6 Å². The summed E-state index contributed by atoms with van der Waals surface area (Å²) in [5, 5.41) is 17.3. The summed E-state index contributed by atoms with van der Waals surface area (Å²) < 4.78 is 0. The molecule has 9 heteroatoms. The molecular weight excluding hydrogens is 298 g/mol. The molecule has 0 unspecified atom stereocenters. The summed E-state index contributed by atoms with van der Waals surface area (Å²) >= 11 is 5.84. The SMILES string of the molecule is CN(Cc1cn[nH]c1)C(=O)c1cc(Cl)c(N)c([N+](=O)[O-])c1. The largest absolute Gasteiger partial charge is 0.392 e. The van der Waals surface area contributed by atoms with Crippen LogP contribution >= 0.6 is 11.6 Å². The van der Waals surface area contributed by atoms with Crippen LogP contribution in [0.1, 0.15) is 15.9 Å². The van der Waals surface area contributed by atoms with E-state index in [1.165, 1.54) is 11.0 Å². The Hall–Kier alpha value is -2.61. The van der Waals surface area contributed by atoms with Crippen LogP contribution in [0.5, 0.6) is 0 Å². The van der Waals surface area contributed by atoms with Crippen LogP contribution in [0.2, 0.25) is 5.02 Å². The first-order valence-corrected chi connectivity index (χ1v) is 6.24. The minimum Gasteiger partial charge on any atom is -0.392 e. The molecular formula is C12H12ClN5O3. The Morgan fingerprint density at radius 1 is 1.57 bits per heavy atom. The third-order valence-electron chi connectivity index (χ3n) is 2.87. The molecule has 8 nitrogen and oxygen atoms in total. The van der Waals surface area contributed by atoms with Gasteiger partial charge in [0.2, 0.25) is 0 Å². The molecule has 2 aromatic rings. The van der Waals surface area contributed by atoms with E-state index in [1.807, 2.05) is 0 Å². The maximum absolute atomic E-state index is 12.3. The number of nitrogens with two attached hydrogens (primary N) is 1. The summed E-state index contributed by atoms with van der Waals surface area (Å²) in [7, 11) is 1.57. The van der Waals surface area contributed by atoms with Gasteiger partial charge < -0.3 is 10.6 Å². The Labute approximate surface area is 124 Å². The first-order chi connectivity index (χ1) is 9.90. The van der Waals surface area contributed by atoms with Gasteiger partial charge >= 0.3 is 0 Å². The normalized spacial score (nSPS) is 10.4. The summed E-state index contributed by atoms with van der Waals surface area (Å²) in [6.07, 6.45) is 3.24. The van der Waals surface area contributed by atoms with Crippen LogP contribution in [-0.2, 0) is 6.54 Å². The molecule has 3 N–H and O–H groups in total. The summed E-state index contributed by atoms with van der Waals surface area (Å²) in [5.74, 6) is -0.402. The van der Waals surface area contributed by atoms with Gasteiger partial charge in [0.25, 0.3) is 11.6 Å². The Kier molecular flexibility index (Phi) is 4.08. The summed E-state index contributed by atoms with van der Waals surface area (Å²) in [5.41, 5.74) is 5.90. The van der Waals surface area contributed by atoms with Crippen molar-refractivity contribution in [2.75, 3.05) is 12.8 Å². The Balaban J connectivity index is 2.28. The smallest absolute Gasteiger partial charge is 0.294 e. The van der Waals surface area contributed by atoms with Gasteiger partial charge in [0.1, 0.15) is 5.69 Å².